The summed E-state index contributed by atoms with van der Waals surface area (Å²) in [5.74, 6) is 0.321. The van der Waals surface area contributed by atoms with Gasteiger partial charge in [0.2, 0.25) is 0 Å². The monoisotopic (exact) mass is 250 g/mol. The number of aliphatic imine (C=N–C) groups is 1. The van der Waals surface area contributed by atoms with Gasteiger partial charge in [0.15, 0.2) is 5.96 Å². The topological polar surface area (TPSA) is 93.5 Å². The summed E-state index contributed by atoms with van der Waals surface area (Å²) in [5, 5.41) is 13.7. The zero-order chi connectivity index (χ0) is 13.4. The first-order valence-corrected chi connectivity index (χ1v) is 5.91. The van der Waals surface area contributed by atoms with Gasteiger partial charge in [-0.25, -0.2) is 4.99 Å². The SMILES string of the molecule is CCCCNC(N)=NCc1ccccc1[N+](=O)[O-]. The largest absolute Gasteiger partial charge is 0.370 e. The second-order valence-electron chi connectivity index (χ2n) is 3.87. The Kier molecular flexibility index (Phi) is 5.63. The predicted octanol–water partition coefficient (Wildman–Crippen LogP) is 1.80. The first-order chi connectivity index (χ1) is 8.65. The van der Waals surface area contributed by atoms with Crippen molar-refractivity contribution in [3.8, 4) is 0 Å². The normalized spacial score (nSPS) is 11.3. The number of nitrogens with one attached hydrogen (secondary N) is 1. The van der Waals surface area contributed by atoms with Crippen LogP contribution in [0, 0.1) is 10.1 Å². The Bertz CT molecular complexity index is 432. The van der Waals surface area contributed by atoms with Gasteiger partial charge in [0, 0.05) is 12.6 Å². The zero-order valence-electron chi connectivity index (χ0n) is 10.4. The fourth-order valence-corrected chi connectivity index (χ4v) is 1.44. The summed E-state index contributed by atoms with van der Waals surface area (Å²) in [6.07, 6.45) is 2.09. The fourth-order valence-electron chi connectivity index (χ4n) is 1.44. The Morgan fingerprint density at radius 2 is 2.22 bits per heavy atom. The van der Waals surface area contributed by atoms with Crippen LogP contribution < -0.4 is 11.1 Å². The van der Waals surface area contributed by atoms with Crippen molar-refractivity contribution >= 4 is 11.6 Å². The quantitative estimate of drug-likeness (QED) is 0.265. The van der Waals surface area contributed by atoms with Gasteiger partial charge in [-0.15, -0.1) is 0 Å². The summed E-state index contributed by atoms with van der Waals surface area (Å²) in [5.41, 5.74) is 6.29. The van der Waals surface area contributed by atoms with E-state index in [1.807, 2.05) is 0 Å². The third-order valence-electron chi connectivity index (χ3n) is 2.44. The smallest absolute Gasteiger partial charge is 0.274 e. The molecule has 3 N–H and O–H groups in total. The van der Waals surface area contributed by atoms with E-state index in [9.17, 15) is 10.1 Å². The van der Waals surface area contributed by atoms with Crippen molar-refractivity contribution in [1.82, 2.24) is 5.32 Å². The van der Waals surface area contributed by atoms with Crippen molar-refractivity contribution in [2.24, 2.45) is 10.7 Å². The second kappa shape index (κ2) is 7.26. The number of nitrogens with zero attached hydrogens (tertiary/aromatic N) is 2. The maximum atomic E-state index is 10.8. The van der Waals surface area contributed by atoms with E-state index < -0.39 is 4.92 Å². The van der Waals surface area contributed by atoms with Crippen molar-refractivity contribution in [2.45, 2.75) is 26.3 Å². The van der Waals surface area contributed by atoms with Gasteiger partial charge in [-0.05, 0) is 6.42 Å². The van der Waals surface area contributed by atoms with Crippen LogP contribution in [0.1, 0.15) is 25.3 Å². The zero-order valence-corrected chi connectivity index (χ0v) is 10.4. The number of unbranched alkanes of at least 4 members (excludes halogenated alkanes) is 1. The van der Waals surface area contributed by atoms with Gasteiger partial charge < -0.3 is 11.1 Å². The van der Waals surface area contributed by atoms with E-state index in [4.69, 9.17) is 5.73 Å². The molecule has 0 saturated carbocycles. The lowest BCUT2D eigenvalue weighted by Crippen LogP contribution is -2.32. The van der Waals surface area contributed by atoms with Gasteiger partial charge in [-0.2, -0.15) is 0 Å². The molecular weight excluding hydrogens is 232 g/mol. The third kappa shape index (κ3) is 4.40. The summed E-state index contributed by atoms with van der Waals surface area (Å²) in [6, 6.07) is 6.53. The van der Waals surface area contributed by atoms with Crippen LogP contribution in [-0.4, -0.2) is 17.4 Å². The van der Waals surface area contributed by atoms with Crippen LogP contribution in [-0.2, 0) is 6.54 Å². The molecule has 98 valence electrons. The molecule has 0 spiro atoms. The maximum Gasteiger partial charge on any atom is 0.274 e. The number of nitrogens with two attached hydrogens (primary N) is 1. The van der Waals surface area contributed by atoms with Crippen LogP contribution in [0.2, 0.25) is 0 Å². The molecule has 0 fully saturated rings. The number of guanidine groups is 1. The molecule has 0 heterocycles. The van der Waals surface area contributed by atoms with Crippen LogP contribution in [0.15, 0.2) is 29.3 Å². The number of benzene rings is 1. The van der Waals surface area contributed by atoms with Gasteiger partial charge in [0.05, 0.1) is 17.0 Å². The van der Waals surface area contributed by atoms with Gasteiger partial charge in [-0.1, -0.05) is 31.5 Å². The number of nitro benzene ring substituents is 1. The van der Waals surface area contributed by atoms with Crippen molar-refractivity contribution in [2.75, 3.05) is 6.54 Å². The Labute approximate surface area is 106 Å². The van der Waals surface area contributed by atoms with E-state index in [0.717, 1.165) is 19.4 Å². The van der Waals surface area contributed by atoms with Crippen molar-refractivity contribution < 1.29 is 4.92 Å². The molecule has 0 aliphatic rings. The molecule has 0 unspecified atom stereocenters. The predicted molar refractivity (Wildman–Crippen MR) is 71.3 cm³/mol. The number of para-hydroxylation sites is 1. The number of nitro groups is 1. The van der Waals surface area contributed by atoms with E-state index in [1.165, 1.54) is 6.07 Å². The van der Waals surface area contributed by atoms with Gasteiger partial charge in [0.1, 0.15) is 0 Å². The summed E-state index contributed by atoms with van der Waals surface area (Å²) in [6.45, 7) is 3.06. The van der Waals surface area contributed by atoms with Crippen LogP contribution in [0.4, 0.5) is 5.69 Å². The first kappa shape index (κ1) is 14.0. The average Bonchev–Trinajstić information content (AvgIpc) is 2.37. The molecule has 0 saturated heterocycles. The first-order valence-electron chi connectivity index (χ1n) is 5.91. The molecule has 1 aromatic carbocycles. The fraction of sp³-hybridized carbons (Fsp3) is 0.417. The highest BCUT2D eigenvalue weighted by Gasteiger charge is 2.11. The molecule has 18 heavy (non-hydrogen) atoms. The van der Waals surface area contributed by atoms with Crippen LogP contribution in [0.25, 0.3) is 0 Å². The molecule has 0 aromatic heterocycles. The Morgan fingerprint density at radius 1 is 1.50 bits per heavy atom. The van der Waals surface area contributed by atoms with E-state index in [2.05, 4.69) is 17.2 Å². The molecular formula is C12H18N4O2. The lowest BCUT2D eigenvalue weighted by molar-refractivity contribution is -0.385. The van der Waals surface area contributed by atoms with Gasteiger partial charge in [0.25, 0.3) is 5.69 Å². The highest BCUT2D eigenvalue weighted by molar-refractivity contribution is 5.77. The minimum atomic E-state index is -0.411. The summed E-state index contributed by atoms with van der Waals surface area (Å²) in [7, 11) is 0. The highest BCUT2D eigenvalue weighted by atomic mass is 16.6. The van der Waals surface area contributed by atoms with E-state index in [-0.39, 0.29) is 12.2 Å². The van der Waals surface area contributed by atoms with Crippen molar-refractivity contribution in [3.05, 3.63) is 39.9 Å². The van der Waals surface area contributed by atoms with Crippen LogP contribution >= 0.6 is 0 Å². The minimum absolute atomic E-state index is 0.0719. The number of rotatable bonds is 6. The summed E-state index contributed by atoms with van der Waals surface area (Å²) in [4.78, 5) is 14.5. The maximum absolute atomic E-state index is 10.8. The standard InChI is InChI=1S/C12H18N4O2/c1-2-3-8-14-12(13)15-9-10-6-4-5-7-11(10)16(17)18/h4-7H,2-3,8-9H2,1H3,(H3,13,14,15). The number of hydrogen-bond donors (Lipinski definition) is 2. The van der Waals surface area contributed by atoms with E-state index in [0.29, 0.717) is 11.5 Å². The van der Waals surface area contributed by atoms with E-state index >= 15 is 0 Å². The van der Waals surface area contributed by atoms with Crippen molar-refractivity contribution in [3.63, 3.8) is 0 Å². The second-order valence-corrected chi connectivity index (χ2v) is 3.87. The van der Waals surface area contributed by atoms with Gasteiger partial charge in [-0.3, -0.25) is 10.1 Å². The molecule has 0 aliphatic carbocycles. The molecule has 6 heteroatoms. The molecule has 1 aromatic rings. The molecule has 0 amide bonds. The Hall–Kier alpha value is -2.11. The van der Waals surface area contributed by atoms with Gasteiger partial charge >= 0.3 is 0 Å². The minimum Gasteiger partial charge on any atom is -0.370 e. The lowest BCUT2D eigenvalue weighted by Gasteiger charge is -2.04. The molecule has 1 rings (SSSR count). The Balaban J connectivity index is 2.62. The van der Waals surface area contributed by atoms with Crippen LogP contribution in [0.5, 0.6) is 0 Å². The third-order valence-corrected chi connectivity index (χ3v) is 2.44. The highest BCUT2D eigenvalue weighted by Crippen LogP contribution is 2.18. The molecule has 0 aliphatic heterocycles. The van der Waals surface area contributed by atoms with E-state index in [1.54, 1.807) is 18.2 Å². The van der Waals surface area contributed by atoms with Crippen LogP contribution in [0.3, 0.4) is 0 Å². The molecule has 6 nitrogen and oxygen atoms in total. The average molecular weight is 250 g/mol. The van der Waals surface area contributed by atoms with Crippen molar-refractivity contribution in [1.29, 1.82) is 0 Å². The molecule has 0 bridgehead atoms. The summed E-state index contributed by atoms with van der Waals surface area (Å²) < 4.78 is 0. The number of hydrogen-bond acceptors (Lipinski definition) is 3. The lowest BCUT2D eigenvalue weighted by atomic mass is 10.2. The molecule has 0 atom stereocenters. The molecule has 0 radical (unpaired) electrons. The Morgan fingerprint density at radius 3 is 2.89 bits per heavy atom. The summed E-state index contributed by atoms with van der Waals surface area (Å²) >= 11 is 0.